The van der Waals surface area contributed by atoms with Crippen molar-refractivity contribution in [1.82, 2.24) is 5.48 Å². The molecule has 0 atom stereocenters. The zero-order valence-electron chi connectivity index (χ0n) is 9.56. The van der Waals surface area contributed by atoms with Crippen molar-refractivity contribution in [3.63, 3.8) is 0 Å². The summed E-state index contributed by atoms with van der Waals surface area (Å²) in [4.78, 5) is 0. The zero-order chi connectivity index (χ0) is 11.6. The quantitative estimate of drug-likeness (QED) is 0.400. The highest BCUT2D eigenvalue weighted by molar-refractivity contribution is 6.35. The third-order valence-electron chi connectivity index (χ3n) is 2.05. The summed E-state index contributed by atoms with van der Waals surface area (Å²) in [6.45, 7) is 2.84. The summed E-state index contributed by atoms with van der Waals surface area (Å²) in [7, 11) is -1.27. The predicted molar refractivity (Wildman–Crippen MR) is 63.7 cm³/mol. The van der Waals surface area contributed by atoms with Gasteiger partial charge in [0.25, 0.3) is 0 Å². The van der Waals surface area contributed by atoms with E-state index in [4.69, 9.17) is 9.41 Å². The highest BCUT2D eigenvalue weighted by Crippen LogP contribution is 2.08. The second kappa shape index (κ2) is 8.16. The number of nitrogens with one attached hydrogen (secondary N) is 1. The number of benzene rings is 1. The Hall–Kier alpha value is -1.04. The molecule has 5 heteroatoms. The summed E-state index contributed by atoms with van der Waals surface area (Å²) in [6.07, 6.45) is 3.32. The van der Waals surface area contributed by atoms with Gasteiger partial charge in [-0.15, -0.1) is 0 Å². The molecule has 0 aliphatic heterocycles. The summed E-state index contributed by atoms with van der Waals surface area (Å²) < 4.78 is 9.97. The molecular weight excluding hydrogens is 205 g/mol. The normalized spacial score (nSPS) is 10.1. The van der Waals surface area contributed by atoms with Gasteiger partial charge in [-0.2, -0.15) is 0 Å². The molecule has 0 amide bonds. The fourth-order valence-corrected chi connectivity index (χ4v) is 1.22. The molecule has 0 radical (unpaired) electrons. The molecule has 1 aromatic carbocycles. The van der Waals surface area contributed by atoms with Gasteiger partial charge < -0.3 is 9.68 Å². The Morgan fingerprint density at radius 3 is 2.69 bits per heavy atom. The second-order valence-electron chi connectivity index (χ2n) is 3.46. The topological polar surface area (TPSA) is 50.7 Å². The lowest BCUT2D eigenvalue weighted by Crippen LogP contribution is -2.33. The summed E-state index contributed by atoms with van der Waals surface area (Å²) >= 11 is 0. The second-order valence-corrected chi connectivity index (χ2v) is 3.46. The van der Waals surface area contributed by atoms with Gasteiger partial charge in [0, 0.05) is 6.54 Å². The average Bonchev–Trinajstić information content (AvgIpc) is 2.30. The summed E-state index contributed by atoms with van der Waals surface area (Å²) in [5.41, 5.74) is 2.67. The third-order valence-corrected chi connectivity index (χ3v) is 2.05. The van der Waals surface area contributed by atoms with E-state index in [0.717, 1.165) is 19.3 Å². The molecule has 0 aliphatic rings. The first-order valence-electron chi connectivity index (χ1n) is 5.61. The number of hydrogen-bond donors (Lipinski definition) is 2. The standard InChI is InChI=1S/C11H18BNO3/c1-2-3-7-10-13-16-12(14)15-11-8-5-4-6-9-11/h4-6,8-9,13-14H,2-3,7,10H2,1H3. The Kier molecular flexibility index (Phi) is 6.64. The van der Waals surface area contributed by atoms with Crippen molar-refractivity contribution in [3.05, 3.63) is 30.3 Å². The van der Waals surface area contributed by atoms with E-state index >= 15 is 0 Å². The van der Waals surface area contributed by atoms with Crippen LogP contribution in [0.2, 0.25) is 0 Å². The highest BCUT2D eigenvalue weighted by atomic mass is 16.8. The van der Waals surface area contributed by atoms with Crippen LogP contribution in [0.4, 0.5) is 0 Å². The van der Waals surface area contributed by atoms with Gasteiger partial charge >= 0.3 is 7.32 Å². The molecule has 16 heavy (non-hydrogen) atoms. The van der Waals surface area contributed by atoms with Crippen LogP contribution in [0.3, 0.4) is 0 Å². The fourth-order valence-electron chi connectivity index (χ4n) is 1.22. The number of hydrogen-bond acceptors (Lipinski definition) is 4. The summed E-state index contributed by atoms with van der Waals surface area (Å²) in [6, 6.07) is 9.05. The minimum atomic E-state index is -1.27. The first kappa shape index (κ1) is 13.0. The number of rotatable bonds is 8. The van der Waals surface area contributed by atoms with Gasteiger partial charge in [0.1, 0.15) is 5.75 Å². The third kappa shape index (κ3) is 5.75. The molecule has 0 unspecified atom stereocenters. The maximum Gasteiger partial charge on any atom is 0.727 e. The number of hydroxylamine groups is 1. The highest BCUT2D eigenvalue weighted by Gasteiger charge is 2.18. The van der Waals surface area contributed by atoms with E-state index in [2.05, 4.69) is 12.4 Å². The molecule has 1 aromatic rings. The Morgan fingerprint density at radius 2 is 2.00 bits per heavy atom. The van der Waals surface area contributed by atoms with Crippen molar-refractivity contribution >= 4 is 7.32 Å². The Morgan fingerprint density at radius 1 is 1.25 bits per heavy atom. The molecule has 0 aromatic heterocycles. The van der Waals surface area contributed by atoms with Crippen molar-refractivity contribution in [2.24, 2.45) is 0 Å². The molecule has 0 fully saturated rings. The van der Waals surface area contributed by atoms with Gasteiger partial charge in [0.05, 0.1) is 0 Å². The van der Waals surface area contributed by atoms with Crippen LogP contribution in [0.1, 0.15) is 26.2 Å². The van der Waals surface area contributed by atoms with Crippen LogP contribution >= 0.6 is 0 Å². The molecule has 0 aliphatic carbocycles. The van der Waals surface area contributed by atoms with Crippen LogP contribution in [0.25, 0.3) is 0 Å². The van der Waals surface area contributed by atoms with Crippen molar-refractivity contribution in [2.75, 3.05) is 6.54 Å². The predicted octanol–water partition coefficient (Wildman–Crippen LogP) is 1.75. The van der Waals surface area contributed by atoms with Crippen LogP contribution in [0.15, 0.2) is 30.3 Å². The first-order chi connectivity index (χ1) is 7.83. The number of unbranched alkanes of at least 4 members (excludes halogenated alkanes) is 2. The Labute approximate surface area is 96.7 Å². The van der Waals surface area contributed by atoms with Crippen LogP contribution in [-0.2, 0) is 4.76 Å². The lowest BCUT2D eigenvalue weighted by Gasteiger charge is -2.10. The van der Waals surface area contributed by atoms with Crippen LogP contribution in [0, 0.1) is 0 Å². The van der Waals surface area contributed by atoms with Crippen molar-refractivity contribution in [3.8, 4) is 5.75 Å². The lowest BCUT2D eigenvalue weighted by atomic mass is 10.2. The van der Waals surface area contributed by atoms with Gasteiger partial charge in [-0.3, -0.25) is 4.76 Å². The van der Waals surface area contributed by atoms with Gasteiger partial charge in [0.2, 0.25) is 0 Å². The molecule has 2 N–H and O–H groups in total. The number of para-hydroxylation sites is 1. The monoisotopic (exact) mass is 223 g/mol. The molecule has 0 heterocycles. The van der Waals surface area contributed by atoms with Gasteiger partial charge in [0.15, 0.2) is 0 Å². The smallest absolute Gasteiger partial charge is 0.511 e. The van der Waals surface area contributed by atoms with Crippen molar-refractivity contribution in [2.45, 2.75) is 26.2 Å². The van der Waals surface area contributed by atoms with E-state index in [1.807, 2.05) is 18.2 Å². The maximum absolute atomic E-state index is 9.35. The lowest BCUT2D eigenvalue weighted by molar-refractivity contribution is 0.114. The van der Waals surface area contributed by atoms with E-state index in [9.17, 15) is 5.02 Å². The van der Waals surface area contributed by atoms with E-state index in [1.165, 1.54) is 0 Å². The zero-order valence-corrected chi connectivity index (χ0v) is 9.56. The molecule has 0 saturated heterocycles. The first-order valence-corrected chi connectivity index (χ1v) is 5.61. The van der Waals surface area contributed by atoms with E-state index < -0.39 is 7.32 Å². The maximum atomic E-state index is 9.35. The van der Waals surface area contributed by atoms with E-state index in [1.54, 1.807) is 12.1 Å². The van der Waals surface area contributed by atoms with Crippen LogP contribution in [0.5, 0.6) is 5.75 Å². The Balaban J connectivity index is 2.09. The van der Waals surface area contributed by atoms with E-state index in [0.29, 0.717) is 12.3 Å². The van der Waals surface area contributed by atoms with Gasteiger partial charge in [-0.05, 0) is 18.6 Å². The van der Waals surface area contributed by atoms with Gasteiger partial charge in [-0.1, -0.05) is 38.0 Å². The molecule has 0 saturated carbocycles. The Bertz CT molecular complexity index is 271. The minimum absolute atomic E-state index is 0.574. The molecule has 0 spiro atoms. The summed E-state index contributed by atoms with van der Waals surface area (Å²) in [5.74, 6) is 0.574. The summed E-state index contributed by atoms with van der Waals surface area (Å²) in [5, 5.41) is 9.35. The molecule has 88 valence electrons. The van der Waals surface area contributed by atoms with E-state index in [-0.39, 0.29) is 0 Å². The SMILES string of the molecule is CCCCCNOB(O)Oc1ccccc1. The molecular formula is C11H18BNO3. The van der Waals surface area contributed by atoms with Gasteiger partial charge in [-0.25, -0.2) is 5.48 Å². The fraction of sp³-hybridized carbons (Fsp3) is 0.455. The van der Waals surface area contributed by atoms with Crippen molar-refractivity contribution in [1.29, 1.82) is 0 Å². The molecule has 4 nitrogen and oxygen atoms in total. The molecule has 0 bridgehead atoms. The largest absolute Gasteiger partial charge is 0.727 e. The molecule has 1 rings (SSSR count). The minimum Gasteiger partial charge on any atom is -0.511 e. The van der Waals surface area contributed by atoms with Crippen LogP contribution < -0.4 is 10.1 Å². The van der Waals surface area contributed by atoms with Crippen LogP contribution in [-0.4, -0.2) is 18.9 Å². The van der Waals surface area contributed by atoms with Crippen molar-refractivity contribution < 1.29 is 14.4 Å². The average molecular weight is 223 g/mol.